The van der Waals surface area contributed by atoms with E-state index in [1.807, 2.05) is 26.5 Å². The Morgan fingerprint density at radius 1 is 0.494 bits per heavy atom. The van der Waals surface area contributed by atoms with Crippen molar-refractivity contribution in [2.24, 2.45) is 11.5 Å². The minimum atomic E-state index is -0.276. The summed E-state index contributed by atoms with van der Waals surface area (Å²) in [5.41, 5.74) is 14.0. The number of nitrogens with zero attached hydrogens (tertiary/aromatic N) is 1. The van der Waals surface area contributed by atoms with Crippen LogP contribution >= 0.6 is 0 Å². The first-order valence-corrected chi connectivity index (χ1v) is 31.9. The summed E-state index contributed by atoms with van der Waals surface area (Å²) in [6.45, 7) is 12.4. The largest absolute Gasteiger partial charge is 0.462 e. The Bertz CT molecular complexity index is 1330. The van der Waals surface area contributed by atoms with Crippen LogP contribution in [-0.2, 0) is 33.3 Å². The molecule has 1 aliphatic heterocycles. The van der Waals surface area contributed by atoms with E-state index in [4.69, 9.17) is 35.2 Å². The molecule has 0 spiro atoms. The highest BCUT2D eigenvalue weighted by molar-refractivity contribution is 5.69. The summed E-state index contributed by atoms with van der Waals surface area (Å²) in [6.07, 6.45) is 49.2. The summed E-state index contributed by atoms with van der Waals surface area (Å²) in [7, 11) is 4.06. The number of nitrogens with one attached hydrogen (secondary N) is 2. The second kappa shape index (κ2) is 56.6. The van der Waals surface area contributed by atoms with E-state index in [-0.39, 0.29) is 68.0 Å². The zero-order chi connectivity index (χ0) is 54.7. The van der Waals surface area contributed by atoms with Gasteiger partial charge in [-0.25, -0.2) is 0 Å². The molecule has 1 heterocycles. The van der Waals surface area contributed by atoms with Crippen molar-refractivity contribution in [2.45, 2.75) is 315 Å². The number of carbonyl (C=O) groups is 2. The van der Waals surface area contributed by atoms with E-state index in [0.29, 0.717) is 37.4 Å². The first kappa shape index (κ1) is 76.4. The van der Waals surface area contributed by atoms with Gasteiger partial charge in [0.05, 0.1) is 37.3 Å². The van der Waals surface area contributed by atoms with Gasteiger partial charge < -0.3 is 63.0 Å². The SMILES string of the molecule is CCCCCCCCC(CCCCCCCC)OC(=O)CCCCCCCN/C=C(\N)CO[C@H]1[C@@H](OC/C(N)=C/NCCCCCCCC(=O)OC(CCCCCCCC)CCCCCCCC)CO[C@@H]1CN(C)C.N.N. The van der Waals surface area contributed by atoms with Crippen LogP contribution in [0.2, 0.25) is 0 Å². The van der Waals surface area contributed by atoms with Crippen molar-refractivity contribution < 1.29 is 33.3 Å². The topological polar surface area (TPSA) is 230 Å². The number of likely N-dealkylation sites (N-methyl/N-ethyl adjacent to an activating group) is 1. The molecule has 77 heavy (non-hydrogen) atoms. The first-order valence-electron chi connectivity index (χ1n) is 31.9. The van der Waals surface area contributed by atoms with Crippen LogP contribution in [0.4, 0.5) is 0 Å². The summed E-state index contributed by atoms with van der Waals surface area (Å²) in [5.74, 6) is -0.0142. The highest BCUT2D eigenvalue weighted by Crippen LogP contribution is 2.23. The van der Waals surface area contributed by atoms with Crippen molar-refractivity contribution in [3.63, 3.8) is 0 Å². The van der Waals surface area contributed by atoms with E-state index in [2.05, 4.69) is 43.2 Å². The maximum atomic E-state index is 12.8. The number of hydrogen-bond acceptors (Lipinski definition) is 14. The lowest BCUT2D eigenvalue weighted by molar-refractivity contribution is -0.151. The van der Waals surface area contributed by atoms with Crippen LogP contribution in [0.3, 0.4) is 0 Å². The van der Waals surface area contributed by atoms with Gasteiger partial charge in [0.15, 0.2) is 0 Å². The molecular weight excluding hydrogens is 967 g/mol. The van der Waals surface area contributed by atoms with Crippen LogP contribution in [0.15, 0.2) is 23.8 Å². The fourth-order valence-electron chi connectivity index (χ4n) is 10.1. The van der Waals surface area contributed by atoms with Gasteiger partial charge in [-0.15, -0.1) is 0 Å². The van der Waals surface area contributed by atoms with Crippen molar-refractivity contribution in [3.8, 4) is 0 Å². The highest BCUT2D eigenvalue weighted by atomic mass is 16.6. The van der Waals surface area contributed by atoms with E-state index in [0.717, 1.165) is 103 Å². The van der Waals surface area contributed by atoms with E-state index >= 15 is 0 Å². The Morgan fingerprint density at radius 2 is 0.818 bits per heavy atom. The maximum absolute atomic E-state index is 12.8. The van der Waals surface area contributed by atoms with Crippen molar-refractivity contribution in [1.29, 1.82) is 0 Å². The van der Waals surface area contributed by atoms with Gasteiger partial charge in [-0.1, -0.05) is 195 Å². The third kappa shape index (κ3) is 47.9. The second-order valence-electron chi connectivity index (χ2n) is 22.6. The quantitative estimate of drug-likeness (QED) is 0.0246. The summed E-state index contributed by atoms with van der Waals surface area (Å²) in [5, 5.41) is 6.71. The van der Waals surface area contributed by atoms with Crippen LogP contribution in [0.1, 0.15) is 285 Å². The predicted molar refractivity (Wildman–Crippen MR) is 326 cm³/mol. The van der Waals surface area contributed by atoms with Gasteiger partial charge in [-0.3, -0.25) is 9.59 Å². The van der Waals surface area contributed by atoms with Gasteiger partial charge in [0.25, 0.3) is 0 Å². The number of unbranched alkanes of at least 4 members (excludes halogenated alkanes) is 28. The summed E-state index contributed by atoms with van der Waals surface area (Å²) < 4.78 is 30.8. The zero-order valence-electron chi connectivity index (χ0n) is 51.4. The minimum Gasteiger partial charge on any atom is -0.462 e. The normalized spacial score (nSPS) is 15.8. The summed E-state index contributed by atoms with van der Waals surface area (Å²) in [6, 6.07) is 0. The molecule has 1 rings (SSSR count). The smallest absolute Gasteiger partial charge is 0.306 e. The monoisotopic (exact) mass is 1100 g/mol. The Kier molecular flexibility index (Phi) is 56.2. The highest BCUT2D eigenvalue weighted by Gasteiger charge is 2.39. The Hall–Kier alpha value is -2.62. The molecule has 12 N–H and O–H groups in total. The molecule has 0 radical (unpaired) electrons. The van der Waals surface area contributed by atoms with Crippen molar-refractivity contribution in [1.82, 2.24) is 27.8 Å². The molecule has 0 aliphatic carbocycles. The molecule has 458 valence electrons. The lowest BCUT2D eigenvalue weighted by Gasteiger charge is -2.25. The van der Waals surface area contributed by atoms with Gasteiger partial charge in [-0.05, 0) is 91.1 Å². The van der Waals surface area contributed by atoms with Crippen molar-refractivity contribution in [3.05, 3.63) is 23.8 Å². The Labute approximate surface area is 475 Å². The van der Waals surface area contributed by atoms with Crippen LogP contribution in [0.5, 0.6) is 0 Å². The molecule has 0 aromatic carbocycles. The fraction of sp³-hybridized carbons (Fsp3) is 0.905. The molecule has 0 bridgehead atoms. The molecule has 14 nitrogen and oxygen atoms in total. The standard InChI is InChI=1S/C63H123N5O7.2H3N/c1-7-11-15-19-25-33-41-57(42-34-26-20-16-12-8-2)74-61(69)45-37-29-23-31-39-47-66-49-55(64)52-71-60-54-72-59(51-68(5)6)63(60)73-53-56(65)50-67-48-40-32-24-30-38-46-62(70)75-58(43-35-27-21-17-13-9-3)44-36-28-22-18-14-10-4;;/h49-50,57-60,63,66-67H,7-48,51-54,64-65H2,1-6H3;2*1H3/b55-49-,56-50-;;/t59-,60+,63-;;/m1../s1. The molecule has 3 atom stereocenters. The van der Waals surface area contributed by atoms with Crippen LogP contribution < -0.4 is 34.4 Å². The summed E-state index contributed by atoms with van der Waals surface area (Å²) in [4.78, 5) is 27.7. The molecular formula is C63H129N7O7. The van der Waals surface area contributed by atoms with E-state index < -0.39 is 0 Å². The Morgan fingerprint density at radius 3 is 1.18 bits per heavy atom. The van der Waals surface area contributed by atoms with Gasteiger partial charge in [0, 0.05) is 44.9 Å². The molecule has 0 aromatic heterocycles. The molecule has 1 fully saturated rings. The average Bonchev–Trinajstić information content (AvgIpc) is 3.77. The van der Waals surface area contributed by atoms with E-state index in [9.17, 15) is 9.59 Å². The van der Waals surface area contributed by atoms with Crippen LogP contribution in [0, 0.1) is 0 Å². The molecule has 0 unspecified atom stereocenters. The third-order valence-electron chi connectivity index (χ3n) is 14.8. The lowest BCUT2D eigenvalue weighted by Crippen LogP contribution is -2.41. The molecule has 0 aromatic rings. The second-order valence-corrected chi connectivity index (χ2v) is 22.6. The van der Waals surface area contributed by atoms with E-state index in [1.54, 1.807) is 0 Å². The molecule has 14 heteroatoms. The van der Waals surface area contributed by atoms with Gasteiger partial charge in [-0.2, -0.15) is 0 Å². The van der Waals surface area contributed by atoms with Crippen LogP contribution in [-0.4, -0.2) is 101 Å². The van der Waals surface area contributed by atoms with Gasteiger partial charge in [0.2, 0.25) is 0 Å². The maximum Gasteiger partial charge on any atom is 0.306 e. The van der Waals surface area contributed by atoms with Crippen LogP contribution in [0.25, 0.3) is 0 Å². The Balaban J connectivity index is 0. The molecule has 1 saturated heterocycles. The minimum absolute atomic E-state index is 0. The third-order valence-corrected chi connectivity index (χ3v) is 14.8. The first-order chi connectivity index (χ1) is 36.6. The van der Waals surface area contributed by atoms with E-state index in [1.165, 1.54) is 154 Å². The van der Waals surface area contributed by atoms with Crippen molar-refractivity contribution in [2.75, 3.05) is 53.6 Å². The molecule has 1 aliphatic rings. The molecule has 0 amide bonds. The number of nitrogens with two attached hydrogens (primary N) is 2. The number of carbonyl (C=O) groups excluding carboxylic acids is 2. The zero-order valence-corrected chi connectivity index (χ0v) is 51.4. The van der Waals surface area contributed by atoms with Crippen molar-refractivity contribution >= 4 is 11.9 Å². The average molecular weight is 1100 g/mol. The lowest BCUT2D eigenvalue weighted by atomic mass is 10.0. The molecule has 0 saturated carbocycles. The fourth-order valence-corrected chi connectivity index (χ4v) is 10.1. The number of esters is 2. The van der Waals surface area contributed by atoms with Gasteiger partial charge >= 0.3 is 11.9 Å². The number of rotatable bonds is 56. The number of ether oxygens (including phenoxy) is 5. The van der Waals surface area contributed by atoms with Gasteiger partial charge in [0.1, 0.15) is 24.4 Å². The number of hydrogen-bond donors (Lipinski definition) is 6. The predicted octanol–water partition coefficient (Wildman–Crippen LogP) is 15.3. The summed E-state index contributed by atoms with van der Waals surface area (Å²) >= 11 is 0.